The van der Waals surface area contributed by atoms with Crippen LogP contribution in [-0.4, -0.2) is 17.1 Å². The van der Waals surface area contributed by atoms with Crippen molar-refractivity contribution in [3.8, 4) is 17.1 Å². The van der Waals surface area contributed by atoms with E-state index in [9.17, 15) is 13.2 Å². The molecule has 0 fully saturated rings. The molecule has 3 aromatic rings. The lowest BCUT2D eigenvalue weighted by Gasteiger charge is -2.07. The zero-order valence-corrected chi connectivity index (χ0v) is 11.0. The molecule has 21 heavy (non-hydrogen) atoms. The number of nitrogens with one attached hydrogen (secondary N) is 1. The first-order chi connectivity index (χ1) is 10.0. The molecule has 3 rings (SSSR count). The summed E-state index contributed by atoms with van der Waals surface area (Å²) in [5.41, 5.74) is 0.134. The van der Waals surface area contributed by atoms with Crippen molar-refractivity contribution >= 4 is 11.0 Å². The Balaban J connectivity index is 2.23. The monoisotopic (exact) mass is 292 g/mol. The van der Waals surface area contributed by atoms with Gasteiger partial charge in [-0.05, 0) is 24.3 Å². The lowest BCUT2D eigenvalue weighted by Crippen LogP contribution is -2.05. The Labute approximate surface area is 118 Å². The molecule has 0 aliphatic heterocycles. The molecule has 108 valence electrons. The average Bonchev–Trinajstić information content (AvgIpc) is 2.89. The highest BCUT2D eigenvalue weighted by Crippen LogP contribution is 2.36. The second-order valence-electron chi connectivity index (χ2n) is 4.48. The van der Waals surface area contributed by atoms with Crippen LogP contribution in [0.15, 0.2) is 42.5 Å². The van der Waals surface area contributed by atoms with Crippen LogP contribution in [0.4, 0.5) is 13.2 Å². The minimum Gasteiger partial charge on any atom is -0.496 e. The van der Waals surface area contributed by atoms with Gasteiger partial charge in [0, 0.05) is 0 Å². The van der Waals surface area contributed by atoms with E-state index in [-0.39, 0.29) is 11.0 Å². The highest BCUT2D eigenvalue weighted by molar-refractivity contribution is 5.83. The minimum absolute atomic E-state index is 0.0223. The zero-order valence-electron chi connectivity index (χ0n) is 11.0. The number of methoxy groups -OCH3 is 1. The van der Waals surface area contributed by atoms with Crippen molar-refractivity contribution in [2.24, 2.45) is 0 Å². The number of aromatic amines is 1. The van der Waals surface area contributed by atoms with Crippen molar-refractivity contribution in [2.45, 2.75) is 6.18 Å². The fourth-order valence-corrected chi connectivity index (χ4v) is 2.24. The fourth-order valence-electron chi connectivity index (χ4n) is 2.24. The molecule has 3 nitrogen and oxygen atoms in total. The van der Waals surface area contributed by atoms with Crippen molar-refractivity contribution in [3.05, 3.63) is 48.0 Å². The molecule has 0 saturated carbocycles. The highest BCUT2D eigenvalue weighted by atomic mass is 19.4. The Bertz CT molecular complexity index is 793. The normalized spacial score (nSPS) is 11.8. The van der Waals surface area contributed by atoms with Crippen LogP contribution in [0, 0.1) is 0 Å². The van der Waals surface area contributed by atoms with E-state index in [2.05, 4.69) is 9.97 Å². The molecule has 0 aliphatic rings. The molecule has 0 aliphatic carbocycles. The van der Waals surface area contributed by atoms with Gasteiger partial charge in [0.25, 0.3) is 0 Å². The van der Waals surface area contributed by atoms with Crippen LogP contribution in [0.2, 0.25) is 0 Å². The lowest BCUT2D eigenvalue weighted by molar-refractivity contribution is -0.136. The summed E-state index contributed by atoms with van der Waals surface area (Å²) in [7, 11) is 1.50. The van der Waals surface area contributed by atoms with Crippen LogP contribution in [0.25, 0.3) is 22.4 Å². The molecule has 0 unspecified atom stereocenters. The van der Waals surface area contributed by atoms with Crippen LogP contribution in [-0.2, 0) is 6.18 Å². The van der Waals surface area contributed by atoms with E-state index >= 15 is 0 Å². The molecule has 1 N–H and O–H groups in total. The summed E-state index contributed by atoms with van der Waals surface area (Å²) >= 11 is 0. The molecule has 0 saturated heterocycles. The van der Waals surface area contributed by atoms with Gasteiger partial charge in [-0.1, -0.05) is 18.2 Å². The van der Waals surface area contributed by atoms with E-state index in [1.807, 2.05) is 0 Å². The summed E-state index contributed by atoms with van der Waals surface area (Å²) in [4.78, 5) is 6.98. The minimum atomic E-state index is -4.43. The maximum absolute atomic E-state index is 13.0. The Morgan fingerprint density at radius 1 is 1.05 bits per heavy atom. The maximum Gasteiger partial charge on any atom is 0.418 e. The molecular weight excluding hydrogens is 281 g/mol. The van der Waals surface area contributed by atoms with Crippen LogP contribution in [0.5, 0.6) is 5.75 Å². The predicted molar refractivity (Wildman–Crippen MR) is 73.1 cm³/mol. The number of rotatable bonds is 2. The molecule has 0 radical (unpaired) electrons. The second kappa shape index (κ2) is 4.80. The molecule has 0 amide bonds. The topological polar surface area (TPSA) is 37.9 Å². The average molecular weight is 292 g/mol. The van der Waals surface area contributed by atoms with Gasteiger partial charge in [-0.15, -0.1) is 0 Å². The SMILES string of the molecule is COc1ccccc1-c1nc2cccc(C(F)(F)F)c2[nH]1. The van der Waals surface area contributed by atoms with E-state index in [4.69, 9.17) is 4.74 Å². The quantitative estimate of drug-likeness (QED) is 0.766. The standard InChI is InChI=1S/C15H11F3N2O/c1-21-12-8-3-2-5-9(12)14-19-11-7-4-6-10(13(11)20-14)15(16,17)18/h2-8H,1H3,(H,19,20). The summed E-state index contributed by atoms with van der Waals surface area (Å²) < 4.78 is 44.2. The maximum atomic E-state index is 13.0. The van der Waals surface area contributed by atoms with Crippen molar-refractivity contribution in [2.75, 3.05) is 7.11 Å². The molecule has 0 spiro atoms. The van der Waals surface area contributed by atoms with Gasteiger partial charge >= 0.3 is 6.18 Å². The summed E-state index contributed by atoms with van der Waals surface area (Å²) in [5.74, 6) is 0.893. The first kappa shape index (κ1) is 13.5. The second-order valence-corrected chi connectivity index (χ2v) is 4.48. The Morgan fingerprint density at radius 3 is 2.52 bits per heavy atom. The molecule has 0 atom stereocenters. The number of halogens is 3. The van der Waals surface area contributed by atoms with Gasteiger partial charge in [0.05, 0.1) is 29.3 Å². The third kappa shape index (κ3) is 2.33. The van der Waals surface area contributed by atoms with Crippen molar-refractivity contribution in [1.82, 2.24) is 9.97 Å². The summed E-state index contributed by atoms with van der Waals surface area (Å²) in [6.45, 7) is 0. The van der Waals surface area contributed by atoms with E-state index in [1.54, 1.807) is 30.3 Å². The number of hydrogen-bond acceptors (Lipinski definition) is 2. The number of alkyl halides is 3. The molecule has 2 aromatic carbocycles. The smallest absolute Gasteiger partial charge is 0.418 e. The number of nitrogens with zero attached hydrogens (tertiary/aromatic N) is 1. The van der Waals surface area contributed by atoms with Crippen LogP contribution < -0.4 is 4.74 Å². The Kier molecular flexibility index (Phi) is 3.08. The molecule has 6 heteroatoms. The molecule has 1 aromatic heterocycles. The lowest BCUT2D eigenvalue weighted by atomic mass is 10.2. The number of benzene rings is 2. The Hall–Kier alpha value is -2.50. The van der Waals surface area contributed by atoms with E-state index in [1.165, 1.54) is 13.2 Å². The number of hydrogen-bond donors (Lipinski definition) is 1. The largest absolute Gasteiger partial charge is 0.496 e. The van der Waals surface area contributed by atoms with Gasteiger partial charge < -0.3 is 9.72 Å². The van der Waals surface area contributed by atoms with E-state index in [0.717, 1.165) is 6.07 Å². The Morgan fingerprint density at radius 2 is 1.81 bits per heavy atom. The summed E-state index contributed by atoms with van der Waals surface area (Å²) in [6, 6.07) is 10.9. The third-order valence-corrected chi connectivity index (χ3v) is 3.19. The van der Waals surface area contributed by atoms with Gasteiger partial charge in [0.15, 0.2) is 0 Å². The highest BCUT2D eigenvalue weighted by Gasteiger charge is 2.33. The van der Waals surface area contributed by atoms with Crippen molar-refractivity contribution < 1.29 is 17.9 Å². The van der Waals surface area contributed by atoms with E-state index in [0.29, 0.717) is 17.1 Å². The number of H-pyrrole nitrogens is 1. The van der Waals surface area contributed by atoms with Crippen LogP contribution in [0.3, 0.4) is 0 Å². The van der Waals surface area contributed by atoms with Gasteiger partial charge in [0.1, 0.15) is 11.6 Å². The summed E-state index contributed by atoms with van der Waals surface area (Å²) in [6.07, 6.45) is -4.43. The molecule has 0 bridgehead atoms. The summed E-state index contributed by atoms with van der Waals surface area (Å²) in [5, 5.41) is 0. The number of ether oxygens (including phenoxy) is 1. The fraction of sp³-hybridized carbons (Fsp3) is 0.133. The predicted octanol–water partition coefficient (Wildman–Crippen LogP) is 4.26. The first-order valence-corrected chi connectivity index (χ1v) is 6.20. The number of para-hydroxylation sites is 2. The van der Waals surface area contributed by atoms with Crippen molar-refractivity contribution in [1.29, 1.82) is 0 Å². The van der Waals surface area contributed by atoms with Gasteiger partial charge in [-0.25, -0.2) is 4.98 Å². The van der Waals surface area contributed by atoms with Crippen LogP contribution in [0.1, 0.15) is 5.56 Å². The van der Waals surface area contributed by atoms with Crippen LogP contribution >= 0.6 is 0 Å². The molecular formula is C15H11F3N2O. The van der Waals surface area contributed by atoms with Gasteiger partial charge in [0.2, 0.25) is 0 Å². The van der Waals surface area contributed by atoms with Gasteiger partial charge in [-0.3, -0.25) is 0 Å². The number of aromatic nitrogens is 2. The number of imidazole rings is 1. The number of fused-ring (bicyclic) bond motifs is 1. The third-order valence-electron chi connectivity index (χ3n) is 3.19. The van der Waals surface area contributed by atoms with Crippen molar-refractivity contribution in [3.63, 3.8) is 0 Å². The zero-order chi connectivity index (χ0) is 15.0. The first-order valence-electron chi connectivity index (χ1n) is 6.20. The van der Waals surface area contributed by atoms with Gasteiger partial charge in [-0.2, -0.15) is 13.2 Å². The van der Waals surface area contributed by atoms with E-state index < -0.39 is 11.7 Å². The molecule has 1 heterocycles.